The number of anilines is 1. The van der Waals surface area contributed by atoms with Crippen LogP contribution in [0.1, 0.15) is 31.2 Å². The van der Waals surface area contributed by atoms with E-state index in [0.717, 1.165) is 31.5 Å². The first-order chi connectivity index (χ1) is 9.02. The number of rotatable bonds is 5. The maximum absolute atomic E-state index is 12.5. The average molecular weight is 274 g/mol. The Balaban J connectivity index is 2.12. The Hall–Kier alpha value is -1.30. The van der Waals surface area contributed by atoms with Gasteiger partial charge in [-0.3, -0.25) is 0 Å². The summed E-state index contributed by atoms with van der Waals surface area (Å²) in [5.41, 5.74) is -0.730. The van der Waals surface area contributed by atoms with Gasteiger partial charge in [0, 0.05) is 25.4 Å². The maximum atomic E-state index is 12.5. The molecule has 0 saturated heterocycles. The minimum absolute atomic E-state index is 0.0733. The Morgan fingerprint density at radius 3 is 2.47 bits per heavy atom. The van der Waals surface area contributed by atoms with E-state index in [4.69, 9.17) is 5.11 Å². The van der Waals surface area contributed by atoms with Gasteiger partial charge in [-0.15, -0.1) is 0 Å². The first-order valence-electron chi connectivity index (χ1n) is 6.43. The van der Waals surface area contributed by atoms with Crippen molar-refractivity contribution < 1.29 is 18.3 Å². The lowest BCUT2D eigenvalue weighted by Crippen LogP contribution is -2.41. The number of aliphatic hydroxyl groups excluding tert-OH is 1. The van der Waals surface area contributed by atoms with Crippen molar-refractivity contribution in [1.29, 1.82) is 0 Å². The van der Waals surface area contributed by atoms with Crippen molar-refractivity contribution in [1.82, 2.24) is 4.98 Å². The highest BCUT2D eigenvalue weighted by Crippen LogP contribution is 2.32. The quantitative estimate of drug-likeness (QED) is 0.897. The second-order valence-electron chi connectivity index (χ2n) is 4.76. The van der Waals surface area contributed by atoms with Crippen molar-refractivity contribution in [2.24, 2.45) is 0 Å². The third kappa shape index (κ3) is 3.37. The number of hydrogen-bond donors (Lipinski definition) is 1. The summed E-state index contributed by atoms with van der Waals surface area (Å²) in [6, 6.07) is 2.82. The number of aliphatic hydroxyl groups is 1. The number of nitrogens with zero attached hydrogens (tertiary/aromatic N) is 2. The topological polar surface area (TPSA) is 36.4 Å². The Morgan fingerprint density at radius 1 is 1.32 bits per heavy atom. The Kier molecular flexibility index (Phi) is 4.29. The molecule has 2 rings (SSSR count). The fraction of sp³-hybridized carbons (Fsp3) is 0.615. The molecule has 1 heterocycles. The third-order valence-corrected chi connectivity index (χ3v) is 3.44. The third-order valence-electron chi connectivity index (χ3n) is 3.44. The number of aromatic nitrogens is 1. The minimum atomic E-state index is -4.35. The van der Waals surface area contributed by atoms with E-state index in [0.29, 0.717) is 24.8 Å². The summed E-state index contributed by atoms with van der Waals surface area (Å²) in [5, 5.41) is 8.89. The van der Waals surface area contributed by atoms with Crippen LogP contribution in [0.2, 0.25) is 0 Å². The Morgan fingerprint density at radius 2 is 2.05 bits per heavy atom. The van der Waals surface area contributed by atoms with Crippen LogP contribution in [0.25, 0.3) is 0 Å². The van der Waals surface area contributed by atoms with Crippen LogP contribution in [-0.2, 0) is 6.18 Å². The average Bonchev–Trinajstić information content (AvgIpc) is 2.31. The van der Waals surface area contributed by atoms with Gasteiger partial charge in [0.05, 0.1) is 5.56 Å². The first kappa shape index (κ1) is 14.1. The summed E-state index contributed by atoms with van der Waals surface area (Å²) in [6.45, 7) is 0.698. The van der Waals surface area contributed by atoms with Crippen molar-refractivity contribution >= 4 is 5.82 Å². The molecule has 0 spiro atoms. The molecule has 1 aliphatic carbocycles. The van der Waals surface area contributed by atoms with Gasteiger partial charge >= 0.3 is 6.18 Å². The van der Waals surface area contributed by atoms with Gasteiger partial charge in [-0.25, -0.2) is 4.98 Å². The molecule has 6 heteroatoms. The molecule has 0 aromatic carbocycles. The molecule has 19 heavy (non-hydrogen) atoms. The van der Waals surface area contributed by atoms with Gasteiger partial charge in [-0.1, -0.05) is 0 Å². The van der Waals surface area contributed by atoms with Crippen LogP contribution in [0.5, 0.6) is 0 Å². The van der Waals surface area contributed by atoms with E-state index in [1.807, 2.05) is 4.90 Å². The number of pyridine rings is 1. The fourth-order valence-corrected chi connectivity index (χ4v) is 2.15. The molecular formula is C13H17F3N2O. The standard InChI is InChI=1S/C13H17F3N2O/c14-13(15,16)10-5-6-12(17-9-10)18(7-2-8-19)11-3-1-4-11/h5-6,9,11,19H,1-4,7-8H2. The zero-order valence-electron chi connectivity index (χ0n) is 10.5. The van der Waals surface area contributed by atoms with Gasteiger partial charge in [0.2, 0.25) is 0 Å². The lowest BCUT2D eigenvalue weighted by molar-refractivity contribution is -0.137. The van der Waals surface area contributed by atoms with Crippen LogP contribution in [0.3, 0.4) is 0 Å². The van der Waals surface area contributed by atoms with Crippen molar-refractivity contribution in [2.75, 3.05) is 18.1 Å². The van der Waals surface area contributed by atoms with Gasteiger partial charge in [0.25, 0.3) is 0 Å². The van der Waals surface area contributed by atoms with Crippen LogP contribution < -0.4 is 4.90 Å². The smallest absolute Gasteiger partial charge is 0.396 e. The summed E-state index contributed by atoms with van der Waals surface area (Å²) in [7, 11) is 0. The van der Waals surface area contributed by atoms with Crippen molar-refractivity contribution in [3.05, 3.63) is 23.9 Å². The fourth-order valence-electron chi connectivity index (χ4n) is 2.15. The molecule has 1 fully saturated rings. The van der Waals surface area contributed by atoms with Gasteiger partial charge in [0.15, 0.2) is 0 Å². The summed E-state index contributed by atoms with van der Waals surface area (Å²) in [6.07, 6.45) is 0.334. The molecule has 0 amide bonds. The number of hydrogen-bond acceptors (Lipinski definition) is 3. The van der Waals surface area contributed by atoms with Crippen LogP contribution in [0.15, 0.2) is 18.3 Å². The lowest BCUT2D eigenvalue weighted by Gasteiger charge is -2.38. The molecule has 0 radical (unpaired) electrons. The zero-order chi connectivity index (χ0) is 13.9. The predicted molar refractivity (Wildman–Crippen MR) is 65.9 cm³/mol. The highest BCUT2D eigenvalue weighted by atomic mass is 19.4. The minimum Gasteiger partial charge on any atom is -0.396 e. The van der Waals surface area contributed by atoms with Gasteiger partial charge in [0.1, 0.15) is 5.82 Å². The van der Waals surface area contributed by atoms with E-state index < -0.39 is 11.7 Å². The van der Waals surface area contributed by atoms with Crippen LogP contribution in [-0.4, -0.2) is 29.3 Å². The van der Waals surface area contributed by atoms with Gasteiger partial charge < -0.3 is 10.0 Å². The van der Waals surface area contributed by atoms with E-state index in [1.54, 1.807) is 0 Å². The molecule has 1 aromatic heterocycles. The van der Waals surface area contributed by atoms with Crippen LogP contribution in [0.4, 0.5) is 19.0 Å². The number of halogens is 3. The molecule has 1 aromatic rings. The molecule has 1 N–H and O–H groups in total. The molecular weight excluding hydrogens is 257 g/mol. The van der Waals surface area contributed by atoms with Crippen LogP contribution in [0, 0.1) is 0 Å². The maximum Gasteiger partial charge on any atom is 0.417 e. The monoisotopic (exact) mass is 274 g/mol. The predicted octanol–water partition coefficient (Wildman–Crippen LogP) is 2.84. The normalized spacial score (nSPS) is 16.2. The molecule has 1 saturated carbocycles. The Bertz CT molecular complexity index is 401. The first-order valence-corrected chi connectivity index (χ1v) is 6.43. The lowest BCUT2D eigenvalue weighted by atomic mass is 9.91. The molecule has 0 unspecified atom stereocenters. The highest BCUT2D eigenvalue weighted by Gasteiger charge is 2.31. The van der Waals surface area contributed by atoms with Crippen molar-refractivity contribution in [2.45, 2.75) is 37.9 Å². The second kappa shape index (κ2) is 5.77. The van der Waals surface area contributed by atoms with E-state index in [-0.39, 0.29) is 6.61 Å². The molecule has 0 bridgehead atoms. The summed E-state index contributed by atoms with van der Waals surface area (Å²) in [4.78, 5) is 5.93. The SMILES string of the molecule is OCCCN(c1ccc(C(F)(F)F)cn1)C1CCC1. The Labute approximate surface area is 110 Å². The second-order valence-corrected chi connectivity index (χ2v) is 4.76. The van der Waals surface area contributed by atoms with Gasteiger partial charge in [-0.05, 0) is 37.8 Å². The highest BCUT2D eigenvalue weighted by molar-refractivity contribution is 5.41. The van der Waals surface area contributed by atoms with E-state index in [1.165, 1.54) is 6.07 Å². The largest absolute Gasteiger partial charge is 0.417 e. The molecule has 0 aliphatic heterocycles. The van der Waals surface area contributed by atoms with Crippen molar-refractivity contribution in [3.8, 4) is 0 Å². The van der Waals surface area contributed by atoms with E-state index >= 15 is 0 Å². The molecule has 1 aliphatic rings. The summed E-state index contributed by atoms with van der Waals surface area (Å²) < 4.78 is 37.4. The van der Waals surface area contributed by atoms with E-state index in [2.05, 4.69) is 4.98 Å². The molecule has 3 nitrogen and oxygen atoms in total. The molecule has 106 valence electrons. The van der Waals surface area contributed by atoms with Crippen LogP contribution >= 0.6 is 0 Å². The van der Waals surface area contributed by atoms with E-state index in [9.17, 15) is 13.2 Å². The summed E-state index contributed by atoms with van der Waals surface area (Å²) >= 11 is 0. The van der Waals surface area contributed by atoms with Crippen molar-refractivity contribution in [3.63, 3.8) is 0 Å². The molecule has 0 atom stereocenters. The number of alkyl halides is 3. The van der Waals surface area contributed by atoms with Gasteiger partial charge in [-0.2, -0.15) is 13.2 Å². The zero-order valence-corrected chi connectivity index (χ0v) is 10.5. The summed E-state index contributed by atoms with van der Waals surface area (Å²) in [5.74, 6) is 0.561.